The molecule has 0 spiro atoms. The van der Waals surface area contributed by atoms with E-state index < -0.39 is 22.3 Å². The number of rotatable bonds is 4. The summed E-state index contributed by atoms with van der Waals surface area (Å²) in [6.45, 7) is 1.70. The number of para-hydroxylation sites is 1. The summed E-state index contributed by atoms with van der Waals surface area (Å²) in [5.74, 6) is -0.534. The third-order valence-electron chi connectivity index (χ3n) is 3.88. The van der Waals surface area contributed by atoms with Crippen LogP contribution in [-0.4, -0.2) is 25.2 Å². The van der Waals surface area contributed by atoms with Gasteiger partial charge in [-0.2, -0.15) is 0 Å². The van der Waals surface area contributed by atoms with Crippen LogP contribution in [-0.2, 0) is 14.1 Å². The summed E-state index contributed by atoms with van der Waals surface area (Å²) in [5, 5.41) is -0.562. The van der Waals surface area contributed by atoms with Crippen LogP contribution in [0.3, 0.4) is 0 Å². The second-order valence-electron chi connectivity index (χ2n) is 5.54. The van der Waals surface area contributed by atoms with E-state index in [4.69, 9.17) is 5.73 Å². The molecule has 2 N–H and O–H groups in total. The summed E-state index contributed by atoms with van der Waals surface area (Å²) < 4.78 is 3.76. The van der Waals surface area contributed by atoms with Crippen molar-refractivity contribution in [2.24, 2.45) is 14.1 Å². The molecular formula is C16H16N4O3S2. The number of benzene rings is 1. The molecule has 3 rings (SSSR count). The molecule has 2 heterocycles. The van der Waals surface area contributed by atoms with Crippen LogP contribution < -0.4 is 17.0 Å². The Morgan fingerprint density at radius 2 is 1.92 bits per heavy atom. The van der Waals surface area contributed by atoms with Crippen molar-refractivity contribution in [2.75, 3.05) is 5.73 Å². The SMILES string of the molecule is C[C@@H](Sc1nc2ccccc2s1)C(=O)c1c(N)n(C)c(=O)n(C)c1=O. The normalized spacial score (nSPS) is 12.4. The first-order valence-corrected chi connectivity index (χ1v) is 9.12. The molecule has 1 atom stereocenters. The van der Waals surface area contributed by atoms with E-state index in [2.05, 4.69) is 4.98 Å². The molecule has 0 unspecified atom stereocenters. The number of fused-ring (bicyclic) bond motifs is 1. The van der Waals surface area contributed by atoms with Crippen molar-refractivity contribution in [3.8, 4) is 0 Å². The van der Waals surface area contributed by atoms with E-state index in [-0.39, 0.29) is 11.4 Å². The smallest absolute Gasteiger partial charge is 0.332 e. The summed E-state index contributed by atoms with van der Waals surface area (Å²) in [5.41, 5.74) is 5.32. The molecule has 0 saturated heterocycles. The number of thioether (sulfide) groups is 1. The van der Waals surface area contributed by atoms with Gasteiger partial charge in [0.05, 0.1) is 15.5 Å². The molecule has 1 aromatic carbocycles. The van der Waals surface area contributed by atoms with Crippen LogP contribution in [0.25, 0.3) is 10.2 Å². The fourth-order valence-electron chi connectivity index (χ4n) is 2.40. The van der Waals surface area contributed by atoms with E-state index in [1.54, 1.807) is 6.92 Å². The van der Waals surface area contributed by atoms with Gasteiger partial charge in [-0.15, -0.1) is 11.3 Å². The Bertz CT molecular complexity index is 1060. The average molecular weight is 376 g/mol. The zero-order chi connectivity index (χ0) is 18.3. The first kappa shape index (κ1) is 17.4. The Labute approximate surface area is 151 Å². The number of nitrogens with two attached hydrogens (primary N) is 1. The predicted octanol–water partition coefficient (Wildman–Crippen LogP) is 1.64. The van der Waals surface area contributed by atoms with Gasteiger partial charge in [0.15, 0.2) is 10.1 Å². The van der Waals surface area contributed by atoms with Gasteiger partial charge in [0.25, 0.3) is 5.56 Å². The Hall–Kier alpha value is -2.39. The van der Waals surface area contributed by atoms with Gasteiger partial charge >= 0.3 is 5.69 Å². The molecule has 7 nitrogen and oxygen atoms in total. The lowest BCUT2D eigenvalue weighted by Gasteiger charge is -2.13. The summed E-state index contributed by atoms with van der Waals surface area (Å²) in [7, 11) is 2.76. The monoisotopic (exact) mass is 376 g/mol. The maximum absolute atomic E-state index is 12.8. The predicted molar refractivity (Wildman–Crippen MR) is 101 cm³/mol. The topological polar surface area (TPSA) is 100.0 Å². The number of ketones is 1. The second-order valence-corrected chi connectivity index (χ2v) is 8.16. The van der Waals surface area contributed by atoms with E-state index in [1.165, 1.54) is 37.2 Å². The highest BCUT2D eigenvalue weighted by atomic mass is 32.2. The molecular weight excluding hydrogens is 360 g/mol. The fraction of sp³-hybridized carbons (Fsp3) is 0.250. The van der Waals surface area contributed by atoms with Crippen LogP contribution in [0, 0.1) is 0 Å². The number of carbonyl (C=O) groups is 1. The highest BCUT2D eigenvalue weighted by Crippen LogP contribution is 2.33. The zero-order valence-electron chi connectivity index (χ0n) is 13.8. The van der Waals surface area contributed by atoms with E-state index in [9.17, 15) is 14.4 Å². The number of nitrogens with zero attached hydrogens (tertiary/aromatic N) is 3. The van der Waals surface area contributed by atoms with Crippen LogP contribution in [0.4, 0.5) is 5.82 Å². The summed E-state index contributed by atoms with van der Waals surface area (Å²) in [6, 6.07) is 7.70. The molecule has 0 bridgehead atoms. The lowest BCUT2D eigenvalue weighted by Crippen LogP contribution is -2.42. The van der Waals surface area contributed by atoms with Crippen LogP contribution in [0.15, 0.2) is 38.2 Å². The second kappa shape index (κ2) is 6.49. The Morgan fingerprint density at radius 1 is 1.24 bits per heavy atom. The maximum Gasteiger partial charge on any atom is 0.332 e. The van der Waals surface area contributed by atoms with Crippen LogP contribution >= 0.6 is 23.1 Å². The maximum atomic E-state index is 12.8. The van der Waals surface area contributed by atoms with E-state index >= 15 is 0 Å². The first-order valence-electron chi connectivity index (χ1n) is 7.43. The average Bonchev–Trinajstić information content (AvgIpc) is 3.00. The van der Waals surface area contributed by atoms with Gasteiger partial charge in [-0.1, -0.05) is 23.9 Å². The minimum atomic E-state index is -0.678. The number of carbonyl (C=O) groups excluding carboxylic acids is 1. The number of Topliss-reactive ketones (excluding diaryl/α,β-unsaturated/α-hetero) is 1. The van der Waals surface area contributed by atoms with Crippen molar-refractivity contribution in [2.45, 2.75) is 16.5 Å². The van der Waals surface area contributed by atoms with Gasteiger partial charge in [-0.25, -0.2) is 9.78 Å². The highest BCUT2D eigenvalue weighted by molar-refractivity contribution is 8.02. The number of anilines is 1. The van der Waals surface area contributed by atoms with E-state index in [0.717, 1.165) is 23.7 Å². The summed E-state index contributed by atoms with van der Waals surface area (Å²) in [6.07, 6.45) is 0. The third kappa shape index (κ3) is 3.00. The number of hydrogen-bond donors (Lipinski definition) is 1. The van der Waals surface area contributed by atoms with Crippen molar-refractivity contribution in [1.29, 1.82) is 0 Å². The van der Waals surface area contributed by atoms with Gasteiger partial charge < -0.3 is 5.73 Å². The molecule has 9 heteroatoms. The van der Waals surface area contributed by atoms with Crippen LogP contribution in [0.2, 0.25) is 0 Å². The van der Waals surface area contributed by atoms with Crippen LogP contribution in [0.5, 0.6) is 0 Å². The highest BCUT2D eigenvalue weighted by Gasteiger charge is 2.26. The van der Waals surface area contributed by atoms with Gasteiger partial charge in [-0.05, 0) is 19.1 Å². The lowest BCUT2D eigenvalue weighted by molar-refractivity contribution is 0.0992. The Morgan fingerprint density at radius 3 is 2.60 bits per heavy atom. The molecule has 0 aliphatic heterocycles. The number of nitrogen functional groups attached to an aromatic ring is 1. The zero-order valence-corrected chi connectivity index (χ0v) is 15.5. The quantitative estimate of drug-likeness (QED) is 0.549. The first-order chi connectivity index (χ1) is 11.8. The van der Waals surface area contributed by atoms with Crippen molar-refractivity contribution >= 4 is 44.9 Å². The van der Waals surface area contributed by atoms with Gasteiger partial charge in [0.2, 0.25) is 0 Å². The largest absolute Gasteiger partial charge is 0.384 e. The molecule has 0 fully saturated rings. The number of thiazole rings is 1. The number of hydrogen-bond acceptors (Lipinski definition) is 7. The minimum absolute atomic E-state index is 0.116. The third-order valence-corrected chi connectivity index (χ3v) is 6.11. The molecule has 0 saturated carbocycles. The number of aromatic nitrogens is 3. The van der Waals surface area contributed by atoms with Crippen molar-refractivity contribution in [3.63, 3.8) is 0 Å². The van der Waals surface area contributed by atoms with E-state index in [1.807, 2.05) is 24.3 Å². The fourth-order valence-corrected chi connectivity index (χ4v) is 4.67. The molecule has 3 aromatic rings. The van der Waals surface area contributed by atoms with Crippen molar-refractivity contribution in [3.05, 3.63) is 50.7 Å². The molecule has 25 heavy (non-hydrogen) atoms. The molecule has 0 amide bonds. The molecule has 0 aliphatic carbocycles. The van der Waals surface area contributed by atoms with Gasteiger partial charge in [0, 0.05) is 14.1 Å². The molecule has 0 aliphatic rings. The van der Waals surface area contributed by atoms with Gasteiger partial charge in [-0.3, -0.25) is 18.7 Å². The van der Waals surface area contributed by atoms with Gasteiger partial charge in [0.1, 0.15) is 11.4 Å². The van der Waals surface area contributed by atoms with E-state index in [0.29, 0.717) is 0 Å². The van der Waals surface area contributed by atoms with Crippen molar-refractivity contribution < 1.29 is 4.79 Å². The Kier molecular flexibility index (Phi) is 4.53. The molecule has 130 valence electrons. The minimum Gasteiger partial charge on any atom is -0.384 e. The molecule has 0 radical (unpaired) electrons. The van der Waals surface area contributed by atoms with Crippen molar-refractivity contribution in [1.82, 2.24) is 14.1 Å². The standard InChI is InChI=1S/C16H16N4O3S2/c1-8(24-15-18-9-6-4-5-7-10(9)25-15)12(21)11-13(17)19(2)16(23)20(3)14(11)22/h4-8H,17H2,1-3H3/t8-/m1/s1. The van der Waals surface area contributed by atoms with Crippen LogP contribution in [0.1, 0.15) is 17.3 Å². The Balaban J connectivity index is 1.95. The lowest BCUT2D eigenvalue weighted by atomic mass is 10.1. The summed E-state index contributed by atoms with van der Waals surface area (Å²) in [4.78, 5) is 41.4. The summed E-state index contributed by atoms with van der Waals surface area (Å²) >= 11 is 2.76. The molecule has 2 aromatic heterocycles.